The number of hydrogen-bond acceptors (Lipinski definition) is 6. The molecule has 1 aliphatic rings. The highest BCUT2D eigenvalue weighted by Gasteiger charge is 2.48. The molecule has 1 aliphatic heterocycles. The summed E-state index contributed by atoms with van der Waals surface area (Å²) in [6.07, 6.45) is -2.89. The van der Waals surface area contributed by atoms with Crippen LogP contribution in [-0.4, -0.2) is 29.4 Å². The number of carbonyl (C=O) groups excluding carboxylic acids is 2. The topological polar surface area (TPSA) is 64.4 Å². The zero-order chi connectivity index (χ0) is 33.8. The molecular formula is C38H28F3N3O2S2. The highest BCUT2D eigenvalue weighted by molar-refractivity contribution is 7.24. The fourth-order valence-electron chi connectivity index (χ4n) is 5.48. The Morgan fingerprint density at radius 2 is 1.31 bits per heavy atom. The number of thiophene rings is 2. The van der Waals surface area contributed by atoms with Crippen LogP contribution in [0.2, 0.25) is 0 Å². The van der Waals surface area contributed by atoms with E-state index in [0.29, 0.717) is 17.7 Å². The number of para-hydroxylation sites is 2. The molecule has 5 nitrogen and oxygen atoms in total. The van der Waals surface area contributed by atoms with E-state index in [1.807, 2.05) is 55.5 Å². The van der Waals surface area contributed by atoms with Gasteiger partial charge in [-0.2, -0.15) is 18.4 Å². The highest BCUT2D eigenvalue weighted by Crippen LogP contribution is 2.42. The minimum atomic E-state index is -5.06. The summed E-state index contributed by atoms with van der Waals surface area (Å²) in [5, 5.41) is 9.51. The molecule has 0 bridgehead atoms. The molecule has 0 aliphatic carbocycles. The smallest absolute Gasteiger partial charge is 0.311 e. The Kier molecular flexibility index (Phi) is 9.44. The molecule has 240 valence electrons. The van der Waals surface area contributed by atoms with Gasteiger partial charge < -0.3 is 4.90 Å². The molecular weight excluding hydrogens is 652 g/mol. The van der Waals surface area contributed by atoms with Crippen LogP contribution in [-0.2, 0) is 9.59 Å². The van der Waals surface area contributed by atoms with Gasteiger partial charge in [-0.05, 0) is 78.7 Å². The molecule has 0 atom stereocenters. The van der Waals surface area contributed by atoms with Crippen LogP contribution in [0, 0.1) is 11.3 Å². The third-order valence-corrected chi connectivity index (χ3v) is 10.1. The molecule has 2 amide bonds. The van der Waals surface area contributed by atoms with Crippen molar-refractivity contribution in [3.05, 3.63) is 131 Å². The van der Waals surface area contributed by atoms with Crippen molar-refractivity contribution >= 4 is 57.6 Å². The maximum Gasteiger partial charge on any atom is 0.418 e. The van der Waals surface area contributed by atoms with Gasteiger partial charge in [0.1, 0.15) is 11.6 Å². The number of benzene rings is 3. The number of amides is 2. The first kappa shape index (κ1) is 32.7. The highest BCUT2D eigenvalue weighted by atomic mass is 32.1. The van der Waals surface area contributed by atoms with Crippen molar-refractivity contribution in [3.63, 3.8) is 0 Å². The lowest BCUT2D eigenvalue weighted by Gasteiger charge is -2.29. The average Bonchev–Trinajstić information content (AvgIpc) is 3.77. The van der Waals surface area contributed by atoms with Gasteiger partial charge in [-0.3, -0.25) is 14.5 Å². The van der Waals surface area contributed by atoms with Crippen molar-refractivity contribution in [2.75, 3.05) is 11.4 Å². The number of unbranched alkanes of at least 4 members (excludes halogenated alkanes) is 1. The standard InChI is InChI=1S/C38H28F3N3O2S2/c1-2-3-22-43-36(45)30(35(38(39,40)41)31(24-42)37(43)46)23-29-18-19-33(47-29)34-21-20-32(48-34)25-14-16-28(17-15-25)44(26-10-6-4-7-11-26)27-12-8-5-9-13-27/h4-21,23H,2-3,22H2,1H3. The van der Waals surface area contributed by atoms with E-state index >= 15 is 0 Å². The van der Waals surface area contributed by atoms with Gasteiger partial charge in [0.05, 0.1) is 11.1 Å². The lowest BCUT2D eigenvalue weighted by atomic mass is 9.92. The SMILES string of the molecule is CCCCN1C(=O)C(=Cc2ccc(-c3ccc(-c4ccc(N(c5ccccc5)c5ccccc5)cc4)s3)s2)C(C(F)(F)F)=C(C#N)C1=O. The van der Waals surface area contributed by atoms with E-state index in [0.717, 1.165) is 48.2 Å². The van der Waals surface area contributed by atoms with Gasteiger partial charge in [0.25, 0.3) is 11.8 Å². The van der Waals surface area contributed by atoms with Gasteiger partial charge in [-0.25, -0.2) is 0 Å². The third kappa shape index (κ3) is 6.61. The summed E-state index contributed by atoms with van der Waals surface area (Å²) in [7, 11) is 0. The second-order valence-corrected chi connectivity index (χ2v) is 13.2. The predicted octanol–water partition coefficient (Wildman–Crippen LogP) is 10.5. The van der Waals surface area contributed by atoms with Gasteiger partial charge in [-0.15, -0.1) is 22.7 Å². The third-order valence-electron chi connectivity index (χ3n) is 7.79. The predicted molar refractivity (Wildman–Crippen MR) is 186 cm³/mol. The Morgan fingerprint density at radius 3 is 1.90 bits per heavy atom. The van der Waals surface area contributed by atoms with E-state index in [1.54, 1.807) is 23.5 Å². The van der Waals surface area contributed by atoms with E-state index in [1.165, 1.54) is 17.4 Å². The number of nitriles is 1. The van der Waals surface area contributed by atoms with Crippen molar-refractivity contribution in [1.29, 1.82) is 5.26 Å². The van der Waals surface area contributed by atoms with Crippen molar-refractivity contribution in [3.8, 4) is 26.3 Å². The molecule has 0 unspecified atom stereocenters. The Balaban J connectivity index is 1.28. The number of hydrogen-bond donors (Lipinski definition) is 0. The number of imide groups is 1. The lowest BCUT2D eigenvalue weighted by molar-refractivity contribution is -0.143. The van der Waals surface area contributed by atoms with Crippen LogP contribution in [0.1, 0.15) is 24.6 Å². The van der Waals surface area contributed by atoms with E-state index in [9.17, 15) is 28.0 Å². The zero-order valence-electron chi connectivity index (χ0n) is 25.7. The Bertz CT molecular complexity index is 2020. The maximum absolute atomic E-state index is 14.2. The van der Waals surface area contributed by atoms with Gasteiger partial charge in [0.2, 0.25) is 0 Å². The van der Waals surface area contributed by atoms with Crippen molar-refractivity contribution < 1.29 is 22.8 Å². The van der Waals surface area contributed by atoms with Crippen LogP contribution in [0.4, 0.5) is 30.2 Å². The van der Waals surface area contributed by atoms with E-state index in [4.69, 9.17) is 0 Å². The van der Waals surface area contributed by atoms with Crippen molar-refractivity contribution in [2.45, 2.75) is 25.9 Å². The molecule has 0 N–H and O–H groups in total. The van der Waals surface area contributed by atoms with E-state index in [2.05, 4.69) is 53.4 Å². The van der Waals surface area contributed by atoms with Crippen LogP contribution in [0.5, 0.6) is 0 Å². The summed E-state index contributed by atoms with van der Waals surface area (Å²) in [6, 6.07) is 37.3. The molecule has 2 aromatic heterocycles. The second kappa shape index (κ2) is 13.9. The molecule has 0 saturated heterocycles. The van der Waals surface area contributed by atoms with Crippen LogP contribution in [0.15, 0.2) is 126 Å². The Hall–Kier alpha value is -5.24. The quantitative estimate of drug-likeness (QED) is 0.115. The number of anilines is 3. The first-order chi connectivity index (χ1) is 23.2. The number of rotatable bonds is 9. The summed E-state index contributed by atoms with van der Waals surface area (Å²) >= 11 is 2.78. The summed E-state index contributed by atoms with van der Waals surface area (Å²) < 4.78 is 42.5. The number of alkyl halides is 3. The first-order valence-corrected chi connectivity index (χ1v) is 16.8. The van der Waals surface area contributed by atoms with Gasteiger partial charge in [0, 0.05) is 43.1 Å². The summed E-state index contributed by atoms with van der Waals surface area (Å²) in [5.74, 6) is -2.26. The van der Waals surface area contributed by atoms with Crippen LogP contribution >= 0.6 is 22.7 Å². The molecule has 5 aromatic rings. The minimum Gasteiger partial charge on any atom is -0.311 e. The van der Waals surface area contributed by atoms with Crippen molar-refractivity contribution in [1.82, 2.24) is 4.90 Å². The van der Waals surface area contributed by atoms with Crippen LogP contribution in [0.3, 0.4) is 0 Å². The molecule has 0 fully saturated rings. The average molecular weight is 680 g/mol. The maximum atomic E-state index is 14.2. The van der Waals surface area contributed by atoms with E-state index in [-0.39, 0.29) is 6.54 Å². The number of nitrogens with zero attached hydrogens (tertiary/aromatic N) is 3. The normalized spacial score (nSPS) is 14.5. The molecule has 0 radical (unpaired) electrons. The minimum absolute atomic E-state index is 0.0625. The molecule has 10 heteroatoms. The van der Waals surface area contributed by atoms with Gasteiger partial charge >= 0.3 is 6.18 Å². The molecule has 3 aromatic carbocycles. The Labute approximate surface area is 284 Å². The summed E-state index contributed by atoms with van der Waals surface area (Å²) in [5.41, 5.74) is 0.848. The van der Waals surface area contributed by atoms with Crippen LogP contribution < -0.4 is 4.90 Å². The fraction of sp³-hybridized carbons (Fsp3) is 0.132. The first-order valence-electron chi connectivity index (χ1n) is 15.2. The largest absolute Gasteiger partial charge is 0.418 e. The monoisotopic (exact) mass is 679 g/mol. The lowest BCUT2D eigenvalue weighted by Crippen LogP contribution is -2.45. The molecule has 3 heterocycles. The van der Waals surface area contributed by atoms with Crippen LogP contribution in [0.25, 0.3) is 26.3 Å². The summed E-state index contributed by atoms with van der Waals surface area (Å²) in [4.78, 5) is 32.0. The summed E-state index contributed by atoms with van der Waals surface area (Å²) in [6.45, 7) is 1.77. The van der Waals surface area contributed by atoms with Crippen molar-refractivity contribution in [2.24, 2.45) is 0 Å². The number of carbonyl (C=O) groups is 2. The fourth-order valence-corrected chi connectivity index (χ4v) is 7.53. The molecule has 48 heavy (non-hydrogen) atoms. The Morgan fingerprint density at radius 1 is 0.750 bits per heavy atom. The van der Waals surface area contributed by atoms with Gasteiger partial charge in [0.15, 0.2) is 0 Å². The second-order valence-electron chi connectivity index (χ2n) is 11.0. The molecule has 0 spiro atoms. The molecule has 6 rings (SSSR count). The zero-order valence-corrected chi connectivity index (χ0v) is 27.3. The van der Waals surface area contributed by atoms with Gasteiger partial charge in [-0.1, -0.05) is 61.9 Å². The molecule has 0 saturated carbocycles. The number of halogens is 3. The van der Waals surface area contributed by atoms with E-state index < -0.39 is 34.7 Å².